The second-order valence-electron chi connectivity index (χ2n) is 4.71. The Balaban J connectivity index is 1.94. The van der Waals surface area contributed by atoms with Crippen LogP contribution in [-0.4, -0.2) is 5.11 Å². The lowest BCUT2D eigenvalue weighted by molar-refractivity contribution is 0.0653. The molecule has 0 amide bonds. The monoisotopic (exact) mass is 356 g/mol. The molecule has 1 heterocycles. The van der Waals surface area contributed by atoms with Crippen LogP contribution in [-0.2, 0) is 0 Å². The number of ether oxygens (including phenoxy) is 1. The first-order valence-electron chi connectivity index (χ1n) is 6.13. The van der Waals surface area contributed by atoms with Gasteiger partial charge in [-0.15, -0.1) is 0 Å². The van der Waals surface area contributed by atoms with Crippen LogP contribution in [0.2, 0.25) is 5.02 Å². The van der Waals surface area contributed by atoms with Gasteiger partial charge in [-0.05, 0) is 51.8 Å². The van der Waals surface area contributed by atoms with E-state index in [1.54, 1.807) is 12.1 Å². The third kappa shape index (κ3) is 2.55. The van der Waals surface area contributed by atoms with Crippen molar-refractivity contribution in [3.8, 4) is 5.75 Å². The molecule has 1 N–H and O–H groups in total. The molecule has 0 aromatic heterocycles. The first-order chi connectivity index (χ1) is 9.54. The van der Waals surface area contributed by atoms with Crippen LogP contribution in [0.4, 0.5) is 4.39 Å². The molecule has 0 aliphatic carbocycles. The second kappa shape index (κ2) is 5.35. The molecule has 1 aliphatic rings. The first kappa shape index (κ1) is 13.9. The number of rotatable bonds is 1. The van der Waals surface area contributed by atoms with Crippen LogP contribution in [0, 0.1) is 5.82 Å². The molecule has 1 unspecified atom stereocenters. The Bertz CT molecular complexity index is 662. The van der Waals surface area contributed by atoms with Crippen molar-refractivity contribution in [1.82, 2.24) is 0 Å². The normalized spacial score (nSPS) is 21.2. The fourth-order valence-electron chi connectivity index (χ4n) is 2.33. The Morgan fingerprint density at radius 3 is 2.80 bits per heavy atom. The standard InChI is InChI=1S/C15H11BrClFO2/c16-11-3-1-8(5-12(11)17)15-7-13(19)10-6-9(18)2-4-14(10)20-15/h1-6,13,15,19H,7H2/t13-,15?/m1/s1. The van der Waals surface area contributed by atoms with E-state index < -0.39 is 6.10 Å². The predicted molar refractivity (Wildman–Crippen MR) is 78.5 cm³/mol. The van der Waals surface area contributed by atoms with E-state index in [-0.39, 0.29) is 11.9 Å². The Kier molecular flexibility index (Phi) is 3.71. The molecule has 0 radical (unpaired) electrons. The Hall–Kier alpha value is -1.10. The Morgan fingerprint density at radius 2 is 2.05 bits per heavy atom. The summed E-state index contributed by atoms with van der Waals surface area (Å²) in [6.45, 7) is 0. The quantitative estimate of drug-likeness (QED) is 0.794. The molecule has 1 aliphatic heterocycles. The number of hydrogen-bond acceptors (Lipinski definition) is 2. The summed E-state index contributed by atoms with van der Waals surface area (Å²) in [5.74, 6) is 0.130. The van der Waals surface area contributed by atoms with E-state index >= 15 is 0 Å². The van der Waals surface area contributed by atoms with Crippen molar-refractivity contribution >= 4 is 27.5 Å². The molecule has 2 nitrogen and oxygen atoms in total. The van der Waals surface area contributed by atoms with Gasteiger partial charge in [0, 0.05) is 16.5 Å². The van der Waals surface area contributed by atoms with E-state index in [0.29, 0.717) is 22.8 Å². The molecule has 2 atom stereocenters. The molecular weight excluding hydrogens is 347 g/mol. The zero-order valence-electron chi connectivity index (χ0n) is 10.3. The van der Waals surface area contributed by atoms with Crippen molar-refractivity contribution < 1.29 is 14.2 Å². The summed E-state index contributed by atoms with van der Waals surface area (Å²) in [5, 5.41) is 10.7. The van der Waals surface area contributed by atoms with Crippen molar-refractivity contribution in [3.05, 3.63) is 62.8 Å². The molecule has 2 aromatic rings. The molecule has 3 rings (SSSR count). The van der Waals surface area contributed by atoms with Crippen LogP contribution in [0.5, 0.6) is 5.75 Å². The van der Waals surface area contributed by atoms with Crippen molar-refractivity contribution in [3.63, 3.8) is 0 Å². The van der Waals surface area contributed by atoms with Gasteiger partial charge in [0.25, 0.3) is 0 Å². The highest BCUT2D eigenvalue weighted by molar-refractivity contribution is 9.10. The van der Waals surface area contributed by atoms with Gasteiger partial charge in [-0.1, -0.05) is 17.7 Å². The maximum absolute atomic E-state index is 13.2. The van der Waals surface area contributed by atoms with Gasteiger partial charge in [-0.2, -0.15) is 0 Å². The summed E-state index contributed by atoms with van der Waals surface area (Å²) in [6.07, 6.45) is -0.676. The number of fused-ring (bicyclic) bond motifs is 1. The van der Waals surface area contributed by atoms with Crippen molar-refractivity contribution in [2.24, 2.45) is 0 Å². The molecule has 0 bridgehead atoms. The molecule has 0 fully saturated rings. The summed E-state index contributed by atoms with van der Waals surface area (Å²) in [5.41, 5.74) is 1.37. The van der Waals surface area contributed by atoms with Gasteiger partial charge >= 0.3 is 0 Å². The summed E-state index contributed by atoms with van der Waals surface area (Å²) in [4.78, 5) is 0. The van der Waals surface area contributed by atoms with Gasteiger partial charge in [0.05, 0.1) is 11.1 Å². The highest BCUT2D eigenvalue weighted by Gasteiger charge is 2.28. The van der Waals surface area contributed by atoms with Gasteiger partial charge in [-0.25, -0.2) is 4.39 Å². The topological polar surface area (TPSA) is 29.5 Å². The lowest BCUT2D eigenvalue weighted by Gasteiger charge is -2.30. The number of aliphatic hydroxyl groups excluding tert-OH is 1. The van der Waals surface area contributed by atoms with E-state index in [9.17, 15) is 9.50 Å². The summed E-state index contributed by atoms with van der Waals surface area (Å²) < 4.78 is 19.8. The van der Waals surface area contributed by atoms with E-state index in [4.69, 9.17) is 16.3 Å². The highest BCUT2D eigenvalue weighted by Crippen LogP contribution is 2.41. The second-order valence-corrected chi connectivity index (χ2v) is 5.98. The molecular formula is C15H11BrClFO2. The Morgan fingerprint density at radius 1 is 1.25 bits per heavy atom. The van der Waals surface area contributed by atoms with E-state index in [0.717, 1.165) is 10.0 Å². The number of benzene rings is 2. The smallest absolute Gasteiger partial charge is 0.127 e. The lowest BCUT2D eigenvalue weighted by atomic mass is 9.95. The third-order valence-electron chi connectivity index (χ3n) is 3.35. The number of halogens is 3. The fraction of sp³-hybridized carbons (Fsp3) is 0.200. The van der Waals surface area contributed by atoms with Crippen LogP contribution in [0.15, 0.2) is 40.9 Å². The molecule has 2 aromatic carbocycles. The molecule has 0 saturated carbocycles. The zero-order chi connectivity index (χ0) is 14.3. The van der Waals surface area contributed by atoms with Gasteiger partial charge < -0.3 is 9.84 Å². The minimum absolute atomic E-state index is 0.298. The SMILES string of the molecule is O[C@@H]1CC(c2ccc(Br)c(Cl)c2)Oc2ccc(F)cc21. The van der Waals surface area contributed by atoms with Crippen molar-refractivity contribution in [2.75, 3.05) is 0 Å². The largest absolute Gasteiger partial charge is 0.485 e. The summed E-state index contributed by atoms with van der Waals surface area (Å²) in [6, 6.07) is 9.71. The predicted octanol–water partition coefficient (Wildman–Crippen LogP) is 4.80. The average Bonchev–Trinajstić information content (AvgIpc) is 2.42. The molecule has 5 heteroatoms. The molecule has 20 heavy (non-hydrogen) atoms. The van der Waals surface area contributed by atoms with E-state index in [1.807, 2.05) is 12.1 Å². The molecule has 0 spiro atoms. The highest BCUT2D eigenvalue weighted by atomic mass is 79.9. The van der Waals surface area contributed by atoms with Gasteiger partial charge in [0.15, 0.2) is 0 Å². The maximum Gasteiger partial charge on any atom is 0.127 e. The number of aliphatic hydroxyl groups is 1. The summed E-state index contributed by atoms with van der Waals surface area (Å²) in [7, 11) is 0. The minimum atomic E-state index is -0.748. The van der Waals surface area contributed by atoms with Crippen LogP contribution in [0.25, 0.3) is 0 Å². The third-order valence-corrected chi connectivity index (χ3v) is 4.59. The van der Waals surface area contributed by atoms with Crippen molar-refractivity contribution in [2.45, 2.75) is 18.6 Å². The first-order valence-corrected chi connectivity index (χ1v) is 7.31. The van der Waals surface area contributed by atoms with Crippen LogP contribution < -0.4 is 4.74 Å². The van der Waals surface area contributed by atoms with E-state index in [1.165, 1.54) is 12.1 Å². The average molecular weight is 358 g/mol. The zero-order valence-corrected chi connectivity index (χ0v) is 12.7. The van der Waals surface area contributed by atoms with Gasteiger partial charge in [-0.3, -0.25) is 0 Å². The van der Waals surface area contributed by atoms with Crippen LogP contribution in [0.1, 0.15) is 29.8 Å². The van der Waals surface area contributed by atoms with Gasteiger partial charge in [0.1, 0.15) is 17.7 Å². The van der Waals surface area contributed by atoms with E-state index in [2.05, 4.69) is 15.9 Å². The maximum atomic E-state index is 13.2. The number of hydrogen-bond donors (Lipinski definition) is 1. The Labute approximate surface area is 129 Å². The van der Waals surface area contributed by atoms with Crippen molar-refractivity contribution in [1.29, 1.82) is 0 Å². The molecule has 0 saturated heterocycles. The molecule has 104 valence electrons. The summed E-state index contributed by atoms with van der Waals surface area (Å²) >= 11 is 9.41. The van der Waals surface area contributed by atoms with Crippen LogP contribution >= 0.6 is 27.5 Å². The minimum Gasteiger partial charge on any atom is -0.485 e. The fourth-order valence-corrected chi connectivity index (χ4v) is 2.77. The van der Waals surface area contributed by atoms with Crippen LogP contribution in [0.3, 0.4) is 0 Å². The van der Waals surface area contributed by atoms with Gasteiger partial charge in [0.2, 0.25) is 0 Å². The lowest BCUT2D eigenvalue weighted by Crippen LogP contribution is -2.19.